The van der Waals surface area contributed by atoms with E-state index in [1.807, 2.05) is 0 Å². The minimum Gasteiger partial charge on any atom is -0.0654 e. The van der Waals surface area contributed by atoms with E-state index in [0.717, 1.165) is 17.8 Å². The van der Waals surface area contributed by atoms with E-state index in [0.29, 0.717) is 5.92 Å². The standard InChI is InChI=1S/C31H48/c1-7-11-29(8-2)31-20-14-27(15-21-31)13-10-9-12-25(5)23-28-16-18-30(19-17-28)26(6)22-24(3)4/h14-21,24-26,29H,7-13,22-23H2,1-6H3. The van der Waals surface area contributed by atoms with Gasteiger partial charge < -0.3 is 0 Å². The Balaban J connectivity index is 1.70. The van der Waals surface area contributed by atoms with Crippen LogP contribution in [0.4, 0.5) is 0 Å². The van der Waals surface area contributed by atoms with Crippen LogP contribution in [0.15, 0.2) is 48.5 Å². The summed E-state index contributed by atoms with van der Waals surface area (Å²) < 4.78 is 0. The molecule has 0 nitrogen and oxygen atoms in total. The minimum absolute atomic E-state index is 0.667. The van der Waals surface area contributed by atoms with Crippen molar-refractivity contribution in [3.8, 4) is 0 Å². The summed E-state index contributed by atoms with van der Waals surface area (Å²) in [6.07, 6.45) is 11.5. The fraction of sp³-hybridized carbons (Fsp3) is 0.613. The molecule has 3 atom stereocenters. The summed E-state index contributed by atoms with van der Waals surface area (Å²) in [7, 11) is 0. The van der Waals surface area contributed by atoms with Crippen molar-refractivity contribution in [2.45, 2.75) is 111 Å². The van der Waals surface area contributed by atoms with Gasteiger partial charge in [0.2, 0.25) is 0 Å². The number of hydrogen-bond acceptors (Lipinski definition) is 0. The van der Waals surface area contributed by atoms with Crippen LogP contribution >= 0.6 is 0 Å². The molecule has 2 aromatic carbocycles. The monoisotopic (exact) mass is 420 g/mol. The van der Waals surface area contributed by atoms with Gasteiger partial charge in [-0.1, -0.05) is 109 Å². The molecule has 0 saturated heterocycles. The molecule has 2 rings (SSSR count). The van der Waals surface area contributed by atoms with Gasteiger partial charge in [0, 0.05) is 0 Å². The van der Waals surface area contributed by atoms with Crippen LogP contribution in [-0.2, 0) is 12.8 Å². The number of hydrogen-bond donors (Lipinski definition) is 0. The molecule has 3 unspecified atom stereocenters. The molecular weight excluding hydrogens is 372 g/mol. The van der Waals surface area contributed by atoms with E-state index >= 15 is 0 Å². The van der Waals surface area contributed by atoms with E-state index in [4.69, 9.17) is 0 Å². The molecule has 0 radical (unpaired) electrons. The third-order valence-corrected chi connectivity index (χ3v) is 6.95. The zero-order chi connectivity index (χ0) is 22.6. The molecule has 172 valence electrons. The number of rotatable bonds is 14. The predicted molar refractivity (Wildman–Crippen MR) is 139 cm³/mol. The summed E-state index contributed by atoms with van der Waals surface area (Å²) >= 11 is 0. The second kappa shape index (κ2) is 13.8. The molecule has 0 bridgehead atoms. The second-order valence-corrected chi connectivity index (χ2v) is 10.5. The highest BCUT2D eigenvalue weighted by molar-refractivity contribution is 5.26. The first-order valence-electron chi connectivity index (χ1n) is 13.1. The van der Waals surface area contributed by atoms with E-state index in [1.165, 1.54) is 80.0 Å². The molecule has 0 aliphatic rings. The molecule has 0 amide bonds. The van der Waals surface area contributed by atoms with Crippen molar-refractivity contribution in [1.29, 1.82) is 0 Å². The lowest BCUT2D eigenvalue weighted by atomic mass is 9.89. The predicted octanol–water partition coefficient (Wildman–Crippen LogP) is 9.72. The average molecular weight is 421 g/mol. The SMILES string of the molecule is CCCC(CC)c1ccc(CCCCC(C)Cc2ccc(C(C)CC(C)C)cc2)cc1. The number of benzene rings is 2. The Morgan fingerprint density at radius 1 is 0.677 bits per heavy atom. The fourth-order valence-electron chi connectivity index (χ4n) is 5.06. The Kier molecular flexibility index (Phi) is 11.4. The Hall–Kier alpha value is -1.56. The highest BCUT2D eigenvalue weighted by atomic mass is 14.2. The summed E-state index contributed by atoms with van der Waals surface area (Å²) in [6.45, 7) is 14.0. The lowest BCUT2D eigenvalue weighted by Crippen LogP contribution is -2.02. The van der Waals surface area contributed by atoms with Crippen LogP contribution < -0.4 is 0 Å². The first-order chi connectivity index (χ1) is 14.9. The van der Waals surface area contributed by atoms with Crippen LogP contribution in [0, 0.1) is 11.8 Å². The lowest BCUT2D eigenvalue weighted by Gasteiger charge is -2.16. The largest absolute Gasteiger partial charge is 0.0654 e. The van der Waals surface area contributed by atoms with Crippen molar-refractivity contribution < 1.29 is 0 Å². The molecule has 0 saturated carbocycles. The molecule has 0 fully saturated rings. The first-order valence-corrected chi connectivity index (χ1v) is 13.1. The van der Waals surface area contributed by atoms with Crippen molar-refractivity contribution in [1.82, 2.24) is 0 Å². The van der Waals surface area contributed by atoms with Gasteiger partial charge in [0.25, 0.3) is 0 Å². The maximum absolute atomic E-state index is 2.42. The Morgan fingerprint density at radius 2 is 1.29 bits per heavy atom. The van der Waals surface area contributed by atoms with Crippen LogP contribution in [-0.4, -0.2) is 0 Å². The van der Waals surface area contributed by atoms with Gasteiger partial charge in [0.1, 0.15) is 0 Å². The van der Waals surface area contributed by atoms with Gasteiger partial charge in [-0.05, 0) is 84.5 Å². The van der Waals surface area contributed by atoms with E-state index in [2.05, 4.69) is 90.1 Å². The smallest absolute Gasteiger partial charge is 0.0165 e. The summed E-state index contributed by atoms with van der Waals surface area (Å²) in [5, 5.41) is 0. The molecular formula is C31H48. The summed E-state index contributed by atoms with van der Waals surface area (Å²) in [5.41, 5.74) is 6.04. The Bertz CT molecular complexity index is 707. The molecule has 2 aromatic rings. The van der Waals surface area contributed by atoms with Gasteiger partial charge >= 0.3 is 0 Å². The lowest BCUT2D eigenvalue weighted by molar-refractivity contribution is 0.495. The molecule has 0 aromatic heterocycles. The molecule has 0 aliphatic heterocycles. The summed E-state index contributed by atoms with van der Waals surface area (Å²) in [5.74, 6) is 2.94. The highest BCUT2D eigenvalue weighted by Crippen LogP contribution is 2.26. The number of aryl methyl sites for hydroxylation is 1. The van der Waals surface area contributed by atoms with Crippen molar-refractivity contribution in [3.05, 3.63) is 70.8 Å². The van der Waals surface area contributed by atoms with Crippen molar-refractivity contribution in [2.75, 3.05) is 0 Å². The Morgan fingerprint density at radius 3 is 1.87 bits per heavy atom. The quantitative estimate of drug-likeness (QED) is 0.267. The van der Waals surface area contributed by atoms with Gasteiger partial charge in [0.15, 0.2) is 0 Å². The maximum Gasteiger partial charge on any atom is -0.0165 e. The van der Waals surface area contributed by atoms with Crippen LogP contribution in [0.5, 0.6) is 0 Å². The molecule has 0 N–H and O–H groups in total. The van der Waals surface area contributed by atoms with E-state index in [9.17, 15) is 0 Å². The fourth-order valence-corrected chi connectivity index (χ4v) is 5.06. The molecule has 0 heterocycles. The minimum atomic E-state index is 0.667. The van der Waals surface area contributed by atoms with E-state index in [-0.39, 0.29) is 0 Å². The molecule has 0 heteroatoms. The molecule has 0 spiro atoms. The normalized spacial score (nSPS) is 14.5. The number of unbranched alkanes of at least 4 members (excludes halogenated alkanes) is 1. The first kappa shape index (κ1) is 25.7. The van der Waals surface area contributed by atoms with Crippen LogP contribution in [0.1, 0.15) is 121 Å². The highest BCUT2D eigenvalue weighted by Gasteiger charge is 2.10. The van der Waals surface area contributed by atoms with Gasteiger partial charge in [0.05, 0.1) is 0 Å². The average Bonchev–Trinajstić information content (AvgIpc) is 2.75. The summed E-state index contributed by atoms with van der Waals surface area (Å²) in [6, 6.07) is 19.0. The summed E-state index contributed by atoms with van der Waals surface area (Å²) in [4.78, 5) is 0. The third kappa shape index (κ3) is 9.22. The zero-order valence-corrected chi connectivity index (χ0v) is 21.3. The van der Waals surface area contributed by atoms with Crippen molar-refractivity contribution >= 4 is 0 Å². The van der Waals surface area contributed by atoms with Crippen LogP contribution in [0.25, 0.3) is 0 Å². The van der Waals surface area contributed by atoms with Crippen molar-refractivity contribution in [2.24, 2.45) is 11.8 Å². The molecule has 31 heavy (non-hydrogen) atoms. The van der Waals surface area contributed by atoms with Gasteiger partial charge in [-0.2, -0.15) is 0 Å². The van der Waals surface area contributed by atoms with E-state index < -0.39 is 0 Å². The van der Waals surface area contributed by atoms with E-state index in [1.54, 1.807) is 0 Å². The van der Waals surface area contributed by atoms with Crippen LogP contribution in [0.2, 0.25) is 0 Å². The van der Waals surface area contributed by atoms with Gasteiger partial charge in [-0.25, -0.2) is 0 Å². The third-order valence-electron chi connectivity index (χ3n) is 6.95. The van der Waals surface area contributed by atoms with Crippen molar-refractivity contribution in [3.63, 3.8) is 0 Å². The second-order valence-electron chi connectivity index (χ2n) is 10.5. The van der Waals surface area contributed by atoms with Gasteiger partial charge in [-0.3, -0.25) is 0 Å². The molecule has 0 aliphatic carbocycles. The van der Waals surface area contributed by atoms with Gasteiger partial charge in [-0.15, -0.1) is 0 Å². The zero-order valence-electron chi connectivity index (χ0n) is 21.3. The topological polar surface area (TPSA) is 0 Å². The Labute approximate surface area is 193 Å². The van der Waals surface area contributed by atoms with Crippen LogP contribution in [0.3, 0.4) is 0 Å². The maximum atomic E-state index is 2.42.